The van der Waals surface area contributed by atoms with Gasteiger partial charge in [0.1, 0.15) is 0 Å². The highest BCUT2D eigenvalue weighted by atomic mass is 16.3. The number of benzene rings is 2. The zero-order chi connectivity index (χ0) is 14.7. The van der Waals surface area contributed by atoms with Gasteiger partial charge in [0.25, 0.3) is 11.1 Å². The fourth-order valence-electron chi connectivity index (χ4n) is 2.98. The van der Waals surface area contributed by atoms with Gasteiger partial charge in [-0.1, -0.05) is 0 Å². The molecule has 21 heavy (non-hydrogen) atoms. The van der Waals surface area contributed by atoms with E-state index in [2.05, 4.69) is 4.98 Å². The molecule has 0 bridgehead atoms. The Bertz CT molecular complexity index is 1100. The number of aromatic nitrogens is 2. The molecule has 0 aliphatic rings. The van der Waals surface area contributed by atoms with Crippen LogP contribution in [0.2, 0.25) is 0 Å². The highest BCUT2D eigenvalue weighted by Crippen LogP contribution is 2.34. The highest BCUT2D eigenvalue weighted by molar-refractivity contribution is 6.23. The summed E-state index contributed by atoms with van der Waals surface area (Å²) in [5.74, 6) is -0.204. The Labute approximate surface area is 117 Å². The summed E-state index contributed by atoms with van der Waals surface area (Å²) < 4.78 is 1.13. The van der Waals surface area contributed by atoms with Crippen LogP contribution >= 0.6 is 0 Å². The van der Waals surface area contributed by atoms with Gasteiger partial charge in [-0.15, -0.1) is 0 Å². The molecule has 0 radical (unpaired) electrons. The molecule has 0 aliphatic heterocycles. The minimum atomic E-state index is -0.392. The Morgan fingerprint density at radius 3 is 2.48 bits per heavy atom. The first kappa shape index (κ1) is 12.0. The van der Waals surface area contributed by atoms with Gasteiger partial charge in [0.15, 0.2) is 0 Å². The van der Waals surface area contributed by atoms with Crippen LogP contribution in [0.5, 0.6) is 5.88 Å². The molecule has 0 fully saturated rings. The van der Waals surface area contributed by atoms with Crippen LogP contribution in [-0.4, -0.2) is 26.4 Å². The van der Waals surface area contributed by atoms with Crippen molar-refractivity contribution in [3.8, 4) is 5.88 Å². The van der Waals surface area contributed by atoms with Gasteiger partial charge in [-0.2, -0.15) is 0 Å². The third kappa shape index (κ3) is 1.37. The molecular formula is C15H10N2O4. The summed E-state index contributed by atoms with van der Waals surface area (Å²) in [5, 5.41) is 21.8. The molecular weight excluding hydrogens is 272 g/mol. The molecule has 0 saturated heterocycles. The third-order valence-electron chi connectivity index (χ3n) is 3.89. The van der Waals surface area contributed by atoms with Crippen LogP contribution in [0.25, 0.3) is 32.4 Å². The Morgan fingerprint density at radius 1 is 1.00 bits per heavy atom. The predicted octanol–water partition coefficient (Wildman–Crippen LogP) is 0.637. The van der Waals surface area contributed by atoms with E-state index in [1.165, 1.54) is 0 Å². The van der Waals surface area contributed by atoms with Crippen LogP contribution in [0.3, 0.4) is 0 Å². The zero-order valence-corrected chi connectivity index (χ0v) is 10.8. The minimum absolute atomic E-state index is 0.0123. The SMILES string of the molecule is O=c1nc2ccc3c(O)n(CCO)c(=O)c4ccc1c2c34. The first-order valence-corrected chi connectivity index (χ1v) is 6.48. The zero-order valence-electron chi connectivity index (χ0n) is 10.8. The van der Waals surface area contributed by atoms with Gasteiger partial charge in [0, 0.05) is 21.5 Å². The van der Waals surface area contributed by atoms with Crippen LogP contribution in [0.4, 0.5) is 0 Å². The molecule has 2 heterocycles. The molecule has 6 nitrogen and oxygen atoms in total. The highest BCUT2D eigenvalue weighted by Gasteiger charge is 2.19. The molecule has 4 rings (SSSR count). The van der Waals surface area contributed by atoms with Gasteiger partial charge in [0.2, 0.25) is 5.88 Å². The van der Waals surface area contributed by atoms with Crippen molar-refractivity contribution in [2.75, 3.05) is 6.61 Å². The topological polar surface area (TPSA) is 92.4 Å². The van der Waals surface area contributed by atoms with Crippen molar-refractivity contribution in [1.29, 1.82) is 0 Å². The molecule has 0 spiro atoms. The lowest BCUT2D eigenvalue weighted by Crippen LogP contribution is -2.22. The molecule has 2 aromatic carbocycles. The number of aliphatic hydroxyl groups is 1. The van der Waals surface area contributed by atoms with Gasteiger partial charge in [-0.05, 0) is 24.3 Å². The Balaban J connectivity index is 2.37. The second-order valence-electron chi connectivity index (χ2n) is 4.96. The monoisotopic (exact) mass is 282 g/mol. The number of pyridine rings is 1. The van der Waals surface area contributed by atoms with E-state index in [1.807, 2.05) is 0 Å². The second-order valence-corrected chi connectivity index (χ2v) is 4.96. The smallest absolute Gasteiger partial charge is 0.278 e. The number of rotatable bonds is 2. The number of hydrogen-bond acceptors (Lipinski definition) is 5. The quantitative estimate of drug-likeness (QED) is 0.563. The lowest BCUT2D eigenvalue weighted by Gasteiger charge is -2.12. The minimum Gasteiger partial charge on any atom is -0.494 e. The first-order valence-electron chi connectivity index (χ1n) is 6.48. The van der Waals surface area contributed by atoms with E-state index in [9.17, 15) is 14.7 Å². The molecule has 0 aliphatic carbocycles. The average Bonchev–Trinajstić information content (AvgIpc) is 2.81. The molecule has 2 aromatic heterocycles. The van der Waals surface area contributed by atoms with Gasteiger partial charge >= 0.3 is 0 Å². The van der Waals surface area contributed by atoms with Crippen molar-refractivity contribution >= 4 is 32.4 Å². The number of hydrogen-bond donors (Lipinski definition) is 2. The van der Waals surface area contributed by atoms with E-state index in [4.69, 9.17) is 5.11 Å². The maximum absolute atomic E-state index is 12.4. The standard InChI is InChI=1S/C15H10N2O4/c18-6-5-17-14(20)8-2-1-7-12-10(16-13(7)19)4-3-9(11(8)12)15(17)21/h1-4,18,21H,5-6H2. The normalized spacial score (nSPS) is 12.0. The van der Waals surface area contributed by atoms with Gasteiger partial charge in [0.05, 0.1) is 24.1 Å². The van der Waals surface area contributed by atoms with E-state index in [1.54, 1.807) is 24.3 Å². The van der Waals surface area contributed by atoms with Crippen molar-refractivity contribution < 1.29 is 10.2 Å². The average molecular weight is 282 g/mol. The lowest BCUT2D eigenvalue weighted by molar-refractivity contribution is 0.265. The largest absolute Gasteiger partial charge is 0.494 e. The molecule has 0 saturated carbocycles. The van der Waals surface area contributed by atoms with E-state index < -0.39 is 5.56 Å². The van der Waals surface area contributed by atoms with Crippen molar-refractivity contribution in [3.63, 3.8) is 0 Å². The van der Waals surface area contributed by atoms with E-state index in [0.717, 1.165) is 4.57 Å². The summed E-state index contributed by atoms with van der Waals surface area (Å²) in [6.07, 6.45) is 0. The maximum atomic E-state index is 12.4. The molecule has 2 N–H and O–H groups in total. The van der Waals surface area contributed by atoms with Gasteiger partial charge in [-0.25, -0.2) is 4.98 Å². The fraction of sp³-hybridized carbons (Fsp3) is 0.133. The van der Waals surface area contributed by atoms with Crippen LogP contribution in [0, 0.1) is 0 Å². The summed E-state index contributed by atoms with van der Waals surface area (Å²) in [7, 11) is 0. The van der Waals surface area contributed by atoms with E-state index in [0.29, 0.717) is 32.4 Å². The third-order valence-corrected chi connectivity index (χ3v) is 3.89. The maximum Gasteiger partial charge on any atom is 0.278 e. The van der Waals surface area contributed by atoms with E-state index >= 15 is 0 Å². The number of aromatic hydroxyl groups is 1. The Kier molecular flexibility index (Phi) is 2.23. The molecule has 104 valence electrons. The summed E-state index contributed by atoms with van der Waals surface area (Å²) in [4.78, 5) is 28.2. The summed E-state index contributed by atoms with van der Waals surface area (Å²) in [6.45, 7) is -0.239. The van der Waals surface area contributed by atoms with Crippen molar-refractivity contribution in [2.45, 2.75) is 6.54 Å². The first-order chi connectivity index (χ1) is 10.1. The van der Waals surface area contributed by atoms with Crippen LogP contribution in [-0.2, 0) is 6.54 Å². The summed E-state index contributed by atoms with van der Waals surface area (Å²) >= 11 is 0. The van der Waals surface area contributed by atoms with Gasteiger partial charge in [-0.3, -0.25) is 14.2 Å². The fourth-order valence-corrected chi connectivity index (χ4v) is 2.98. The number of nitrogens with zero attached hydrogens (tertiary/aromatic N) is 2. The van der Waals surface area contributed by atoms with Crippen molar-refractivity contribution in [3.05, 3.63) is 45.0 Å². The Morgan fingerprint density at radius 2 is 1.71 bits per heavy atom. The number of aliphatic hydroxyl groups excluding tert-OH is 1. The lowest BCUT2D eigenvalue weighted by atomic mass is 10.00. The molecule has 6 heteroatoms. The molecule has 0 unspecified atom stereocenters. The van der Waals surface area contributed by atoms with Crippen LogP contribution < -0.4 is 11.1 Å². The van der Waals surface area contributed by atoms with Crippen molar-refractivity contribution in [1.82, 2.24) is 9.55 Å². The Hall–Kier alpha value is -2.73. The van der Waals surface area contributed by atoms with Crippen LogP contribution in [0.1, 0.15) is 0 Å². The van der Waals surface area contributed by atoms with Gasteiger partial charge < -0.3 is 10.2 Å². The van der Waals surface area contributed by atoms with Crippen LogP contribution in [0.15, 0.2) is 33.9 Å². The van der Waals surface area contributed by atoms with Crippen molar-refractivity contribution in [2.24, 2.45) is 0 Å². The summed E-state index contributed by atoms with van der Waals surface area (Å²) in [5.41, 5.74) is -0.206. The second kappa shape index (κ2) is 3.89. The van der Waals surface area contributed by atoms with E-state index in [-0.39, 0.29) is 24.6 Å². The predicted molar refractivity (Wildman–Crippen MR) is 78.4 cm³/mol. The summed E-state index contributed by atoms with van der Waals surface area (Å²) in [6, 6.07) is 6.45. The molecule has 4 aromatic rings. The molecule has 0 amide bonds. The molecule has 0 atom stereocenters.